The monoisotopic (exact) mass is 484 g/mol. The molecule has 8 nitrogen and oxygen atoms in total. The van der Waals surface area contributed by atoms with Gasteiger partial charge in [-0.3, -0.25) is 0 Å². The van der Waals surface area contributed by atoms with Crippen LogP contribution in [0.25, 0.3) is 0 Å². The van der Waals surface area contributed by atoms with Crippen molar-refractivity contribution in [2.24, 2.45) is 5.14 Å². The highest BCUT2D eigenvalue weighted by atomic mass is 32.2. The van der Waals surface area contributed by atoms with Crippen LogP contribution < -0.4 is 25.9 Å². The van der Waals surface area contributed by atoms with Crippen molar-refractivity contribution in [3.05, 3.63) is 89.1 Å². The molecule has 1 unspecified atom stereocenters. The van der Waals surface area contributed by atoms with Crippen molar-refractivity contribution in [3.63, 3.8) is 0 Å². The lowest BCUT2D eigenvalue weighted by Gasteiger charge is -2.18. The molecule has 6 N–H and O–H groups in total. The summed E-state index contributed by atoms with van der Waals surface area (Å²) in [6.07, 6.45) is 6.58. The summed E-state index contributed by atoms with van der Waals surface area (Å²) in [5.74, 6) is 0.602. The highest BCUT2D eigenvalue weighted by Crippen LogP contribution is 2.30. The number of sulfonamides is 1. The summed E-state index contributed by atoms with van der Waals surface area (Å²) in [6, 6.07) is 16.0. The molecule has 0 aliphatic heterocycles. The summed E-state index contributed by atoms with van der Waals surface area (Å²) in [5.41, 5.74) is 14.0. The molecule has 0 aliphatic rings. The van der Waals surface area contributed by atoms with E-state index in [4.69, 9.17) is 21.3 Å². The van der Waals surface area contributed by atoms with Crippen molar-refractivity contribution in [1.82, 2.24) is 4.57 Å². The van der Waals surface area contributed by atoms with E-state index in [0.717, 1.165) is 23.4 Å². The number of anilines is 2. The second-order valence-electron chi connectivity index (χ2n) is 7.71. The highest BCUT2D eigenvalue weighted by molar-refractivity contribution is 7.89. The van der Waals surface area contributed by atoms with Gasteiger partial charge in [-0.15, -0.1) is 11.3 Å². The average Bonchev–Trinajstić information content (AvgIpc) is 3.45. The predicted octanol–water partition coefficient (Wildman–Crippen LogP) is 2.71. The molecule has 2 aromatic carbocycles. The van der Waals surface area contributed by atoms with Crippen LogP contribution in [0.4, 0.5) is 11.4 Å². The molecule has 0 spiro atoms. The molecule has 4 aromatic rings. The number of aryl methyl sites for hydroxylation is 2. The summed E-state index contributed by atoms with van der Waals surface area (Å²) >= 11 is 1.63. The normalized spacial score (nSPS) is 12.5. The maximum atomic E-state index is 11.4. The molecule has 10 heteroatoms. The van der Waals surface area contributed by atoms with Crippen LogP contribution in [0.15, 0.2) is 83.6 Å². The summed E-state index contributed by atoms with van der Waals surface area (Å²) in [7, 11) is -3.67. The quantitative estimate of drug-likeness (QED) is 0.248. The molecule has 0 saturated heterocycles. The minimum Gasteiger partial charge on any atom is -0.479 e. The minimum atomic E-state index is -3.67. The number of imidazole rings is 1. The summed E-state index contributed by atoms with van der Waals surface area (Å²) in [4.78, 5) is 1.22. The van der Waals surface area contributed by atoms with E-state index in [-0.39, 0.29) is 11.0 Å². The second kappa shape index (κ2) is 9.65. The number of hydrogen-bond acceptors (Lipinski definition) is 6. The number of nitrogens with zero attached hydrogens (tertiary/aromatic N) is 2. The van der Waals surface area contributed by atoms with Crippen LogP contribution in [0.5, 0.6) is 5.75 Å². The number of thiophene rings is 1. The standard InChI is InChI=1S/C23H26N5O3S2/c24-18-5-8-21(20(25)14-18)31-22(23-2-1-13-32-23)15-28-12-11-27(16-28)10-9-17-3-6-19(7-4-17)33(26,29)30/h1-8,11-14,16,22H,9-10,15,24-25H2,(H2,26,29,30)/q+1. The summed E-state index contributed by atoms with van der Waals surface area (Å²) in [5, 5.41) is 7.18. The zero-order valence-corrected chi connectivity index (χ0v) is 19.5. The molecular weight excluding hydrogens is 458 g/mol. The van der Waals surface area contributed by atoms with Crippen LogP contribution in [-0.2, 0) is 29.5 Å². The second-order valence-corrected chi connectivity index (χ2v) is 10.2. The fourth-order valence-corrected chi connectivity index (χ4v) is 4.72. The van der Waals surface area contributed by atoms with Gasteiger partial charge in [0.05, 0.1) is 17.1 Å². The van der Waals surface area contributed by atoms with Gasteiger partial charge in [0.1, 0.15) is 24.7 Å². The number of hydrogen-bond donors (Lipinski definition) is 3. The topological polar surface area (TPSA) is 130 Å². The van der Waals surface area contributed by atoms with E-state index in [1.807, 2.05) is 36.2 Å². The van der Waals surface area contributed by atoms with Crippen molar-refractivity contribution in [2.75, 3.05) is 11.5 Å². The van der Waals surface area contributed by atoms with Gasteiger partial charge in [0.2, 0.25) is 16.4 Å². The molecule has 0 bridgehead atoms. The van der Waals surface area contributed by atoms with Crippen molar-refractivity contribution in [1.29, 1.82) is 0 Å². The van der Waals surface area contributed by atoms with Crippen molar-refractivity contribution in [2.45, 2.75) is 30.5 Å². The van der Waals surface area contributed by atoms with Gasteiger partial charge in [-0.1, -0.05) is 18.2 Å². The van der Waals surface area contributed by atoms with E-state index in [1.54, 1.807) is 41.7 Å². The molecular formula is C23H26N5O3S2+. The van der Waals surface area contributed by atoms with Crippen molar-refractivity contribution < 1.29 is 17.7 Å². The molecule has 0 aliphatic carbocycles. The smallest absolute Gasteiger partial charge is 0.243 e. The Morgan fingerprint density at radius 1 is 1.09 bits per heavy atom. The van der Waals surface area contributed by atoms with Crippen LogP contribution in [0.1, 0.15) is 16.5 Å². The Morgan fingerprint density at radius 3 is 2.55 bits per heavy atom. The fraction of sp³-hybridized carbons (Fsp3) is 0.174. The Balaban J connectivity index is 1.42. The van der Waals surface area contributed by atoms with Gasteiger partial charge in [0.25, 0.3) is 0 Å². The highest BCUT2D eigenvalue weighted by Gasteiger charge is 2.20. The maximum Gasteiger partial charge on any atom is 0.243 e. The predicted molar refractivity (Wildman–Crippen MR) is 129 cm³/mol. The number of nitrogens with two attached hydrogens (primary N) is 3. The zero-order chi connectivity index (χ0) is 23.4. The first-order chi connectivity index (χ1) is 15.8. The maximum absolute atomic E-state index is 11.4. The van der Waals surface area contributed by atoms with Gasteiger partial charge < -0.3 is 16.2 Å². The van der Waals surface area contributed by atoms with E-state index in [9.17, 15) is 8.42 Å². The lowest BCUT2D eigenvalue weighted by Crippen LogP contribution is -2.36. The first-order valence-corrected chi connectivity index (χ1v) is 12.7. The zero-order valence-electron chi connectivity index (χ0n) is 17.9. The van der Waals surface area contributed by atoms with Crippen LogP contribution in [0, 0.1) is 0 Å². The van der Waals surface area contributed by atoms with Crippen molar-refractivity contribution >= 4 is 32.7 Å². The van der Waals surface area contributed by atoms with Gasteiger partial charge >= 0.3 is 0 Å². The van der Waals surface area contributed by atoms with Crippen LogP contribution in [0.3, 0.4) is 0 Å². The molecule has 0 radical (unpaired) electrons. The average molecular weight is 485 g/mol. The number of ether oxygens (including phenoxy) is 1. The molecule has 1 atom stereocenters. The molecule has 172 valence electrons. The van der Waals surface area contributed by atoms with Crippen LogP contribution >= 0.6 is 11.3 Å². The van der Waals surface area contributed by atoms with Gasteiger partial charge in [-0.25, -0.2) is 22.7 Å². The number of rotatable bonds is 9. The Labute approximate surface area is 196 Å². The molecule has 0 fully saturated rings. The third-order valence-electron chi connectivity index (χ3n) is 5.20. The third kappa shape index (κ3) is 5.92. The van der Waals surface area contributed by atoms with E-state index in [0.29, 0.717) is 23.7 Å². The molecule has 2 aromatic heterocycles. The van der Waals surface area contributed by atoms with Crippen molar-refractivity contribution in [3.8, 4) is 5.75 Å². The molecule has 33 heavy (non-hydrogen) atoms. The van der Waals surface area contributed by atoms with E-state index >= 15 is 0 Å². The summed E-state index contributed by atoms with van der Waals surface area (Å²) < 4.78 is 33.2. The Kier molecular flexibility index (Phi) is 6.68. The molecule has 0 saturated carbocycles. The number of nitrogen functional groups attached to an aromatic ring is 2. The van der Waals surface area contributed by atoms with Crippen LogP contribution in [0.2, 0.25) is 0 Å². The van der Waals surface area contributed by atoms with E-state index in [1.165, 1.54) is 12.1 Å². The largest absolute Gasteiger partial charge is 0.479 e. The van der Waals surface area contributed by atoms with E-state index in [2.05, 4.69) is 9.13 Å². The Morgan fingerprint density at radius 2 is 1.88 bits per heavy atom. The lowest BCUT2D eigenvalue weighted by atomic mass is 10.1. The summed E-state index contributed by atoms with van der Waals surface area (Å²) in [6.45, 7) is 1.36. The minimum absolute atomic E-state index is 0.117. The van der Waals surface area contributed by atoms with Gasteiger partial charge in [0.15, 0.2) is 6.10 Å². The van der Waals surface area contributed by atoms with Gasteiger partial charge in [-0.05, 0) is 47.3 Å². The number of primary sulfonamides is 1. The SMILES string of the molecule is Nc1ccc(OC(C[n+]2ccn(CCc3ccc(S(N)(=O)=O)cc3)c2)c2cccs2)c(N)c1. The Hall–Kier alpha value is -3.34. The first kappa shape index (κ1) is 22.8. The number of benzene rings is 2. The Bertz CT molecular complexity index is 1320. The molecule has 4 rings (SSSR count). The molecule has 2 heterocycles. The molecule has 0 amide bonds. The van der Waals surface area contributed by atoms with Gasteiger partial charge in [0, 0.05) is 17.0 Å². The van der Waals surface area contributed by atoms with Gasteiger partial charge in [-0.2, -0.15) is 0 Å². The third-order valence-corrected chi connectivity index (χ3v) is 7.09. The first-order valence-electron chi connectivity index (χ1n) is 10.3. The van der Waals surface area contributed by atoms with Crippen LogP contribution in [-0.4, -0.2) is 13.0 Å². The lowest BCUT2D eigenvalue weighted by molar-refractivity contribution is -0.703. The number of aromatic nitrogens is 2. The fourth-order valence-electron chi connectivity index (χ4n) is 3.46. The van der Waals surface area contributed by atoms with E-state index < -0.39 is 10.0 Å².